The van der Waals surface area contributed by atoms with Gasteiger partial charge >= 0.3 is 0 Å². The molecule has 0 N–H and O–H groups in total. The van der Waals surface area contributed by atoms with Crippen molar-refractivity contribution in [2.45, 2.75) is 13.3 Å². The highest BCUT2D eigenvalue weighted by atomic mass is 35.5. The molecule has 2 aromatic rings. The molecule has 0 aliphatic heterocycles. The molecule has 0 aromatic carbocycles. The Labute approximate surface area is 153 Å². The van der Waals surface area contributed by atoms with Crippen LogP contribution < -0.4 is 4.90 Å². The molecule has 24 heavy (non-hydrogen) atoms. The summed E-state index contributed by atoms with van der Waals surface area (Å²) in [5.74, 6) is 0.600. The van der Waals surface area contributed by atoms with Gasteiger partial charge in [0.1, 0.15) is 5.69 Å². The Bertz CT molecular complexity index is 709. The molecular weight excluding hydrogens is 368 g/mol. The Kier molecular flexibility index (Phi) is 7.26. The van der Waals surface area contributed by atoms with Gasteiger partial charge in [0.2, 0.25) is 5.91 Å². The van der Waals surface area contributed by atoms with Crippen LogP contribution in [0.4, 0.5) is 5.69 Å². The number of thioether (sulfide) groups is 1. The number of carbonyl (C=O) groups excluding carboxylic acids is 1. The third kappa shape index (κ3) is 5.06. The quantitative estimate of drug-likeness (QED) is 0.652. The topological polar surface area (TPSA) is 68.1 Å². The van der Waals surface area contributed by atoms with Crippen molar-refractivity contribution in [3.63, 3.8) is 0 Å². The van der Waals surface area contributed by atoms with Crippen LogP contribution in [0.3, 0.4) is 0 Å². The van der Waals surface area contributed by atoms with E-state index in [-0.39, 0.29) is 11.1 Å². The van der Waals surface area contributed by atoms with Crippen molar-refractivity contribution in [1.82, 2.24) is 14.8 Å². The molecule has 0 radical (unpaired) electrons. The second-order valence-corrected chi connectivity index (χ2v) is 8.21. The lowest BCUT2D eigenvalue weighted by molar-refractivity contribution is -0.118. The molecule has 0 aliphatic carbocycles. The standard InChI is InChI=1S/C15H19ClN4O2S2/c1-3-19(14(21)6-8-23-11-24(2)22)13-10-20(18-15(13)16)12-5-4-7-17-9-12/h4-5,7,9-10H,3,6,8,11H2,1-2H3. The number of aromatic nitrogens is 3. The number of rotatable bonds is 8. The molecule has 2 aromatic heterocycles. The zero-order valence-corrected chi connectivity index (χ0v) is 15.9. The minimum Gasteiger partial charge on any atom is -0.308 e. The van der Waals surface area contributed by atoms with Crippen LogP contribution in [-0.2, 0) is 15.6 Å². The van der Waals surface area contributed by atoms with E-state index in [1.54, 1.807) is 34.4 Å². The number of anilines is 1. The zero-order chi connectivity index (χ0) is 17.5. The van der Waals surface area contributed by atoms with Crippen molar-refractivity contribution in [2.75, 3.05) is 28.5 Å². The first-order valence-corrected chi connectivity index (χ1v) is 10.6. The summed E-state index contributed by atoms with van der Waals surface area (Å²) in [5.41, 5.74) is 1.35. The minimum atomic E-state index is -0.853. The summed E-state index contributed by atoms with van der Waals surface area (Å²) in [4.78, 5) is 18.1. The lowest BCUT2D eigenvalue weighted by Crippen LogP contribution is -2.30. The van der Waals surface area contributed by atoms with Crippen LogP contribution in [-0.4, -0.2) is 48.5 Å². The third-order valence-corrected chi connectivity index (χ3v) is 5.94. The number of amides is 1. The van der Waals surface area contributed by atoms with E-state index in [0.29, 0.717) is 29.5 Å². The summed E-state index contributed by atoms with van der Waals surface area (Å²) < 4.78 is 12.7. The molecule has 6 nitrogen and oxygen atoms in total. The van der Waals surface area contributed by atoms with E-state index in [9.17, 15) is 9.00 Å². The Hall–Kier alpha value is -1.38. The third-order valence-electron chi connectivity index (χ3n) is 3.18. The van der Waals surface area contributed by atoms with Gasteiger partial charge in [-0.05, 0) is 19.1 Å². The first-order chi connectivity index (χ1) is 11.5. The highest BCUT2D eigenvalue weighted by molar-refractivity contribution is 8.10. The van der Waals surface area contributed by atoms with Gasteiger partial charge in [-0.3, -0.25) is 14.0 Å². The number of pyridine rings is 1. The van der Waals surface area contributed by atoms with Crippen LogP contribution in [0.25, 0.3) is 5.69 Å². The average Bonchev–Trinajstić information content (AvgIpc) is 2.95. The fourth-order valence-electron chi connectivity index (χ4n) is 2.10. The van der Waals surface area contributed by atoms with Gasteiger partial charge < -0.3 is 4.90 Å². The van der Waals surface area contributed by atoms with Gasteiger partial charge in [0.25, 0.3) is 0 Å². The van der Waals surface area contributed by atoms with Crippen LogP contribution >= 0.6 is 23.4 Å². The highest BCUT2D eigenvalue weighted by Gasteiger charge is 2.20. The monoisotopic (exact) mass is 386 g/mol. The van der Waals surface area contributed by atoms with Gasteiger partial charge in [-0.25, -0.2) is 4.68 Å². The van der Waals surface area contributed by atoms with E-state index in [0.717, 1.165) is 5.69 Å². The van der Waals surface area contributed by atoms with E-state index >= 15 is 0 Å². The molecule has 0 aliphatic rings. The second kappa shape index (κ2) is 9.19. The molecule has 0 bridgehead atoms. The number of carbonyl (C=O) groups is 1. The van der Waals surface area contributed by atoms with E-state index in [2.05, 4.69) is 10.1 Å². The maximum Gasteiger partial charge on any atom is 0.227 e. The van der Waals surface area contributed by atoms with Gasteiger partial charge in [-0.2, -0.15) is 5.10 Å². The van der Waals surface area contributed by atoms with Gasteiger partial charge in [0, 0.05) is 42.0 Å². The molecular formula is C15H19ClN4O2S2. The van der Waals surface area contributed by atoms with Crippen LogP contribution in [0.1, 0.15) is 13.3 Å². The first kappa shape index (κ1) is 19.0. The number of nitrogens with zero attached hydrogens (tertiary/aromatic N) is 4. The zero-order valence-electron chi connectivity index (χ0n) is 13.5. The fraction of sp³-hybridized carbons (Fsp3) is 0.400. The molecule has 130 valence electrons. The molecule has 1 amide bonds. The Balaban J connectivity index is 2.08. The highest BCUT2D eigenvalue weighted by Crippen LogP contribution is 2.26. The smallest absolute Gasteiger partial charge is 0.227 e. The molecule has 0 spiro atoms. The summed E-state index contributed by atoms with van der Waals surface area (Å²) in [6.07, 6.45) is 7.10. The van der Waals surface area contributed by atoms with E-state index < -0.39 is 10.8 Å². The van der Waals surface area contributed by atoms with Crippen molar-refractivity contribution in [3.05, 3.63) is 35.9 Å². The van der Waals surface area contributed by atoms with E-state index in [1.807, 2.05) is 19.1 Å². The molecule has 0 fully saturated rings. The minimum absolute atomic E-state index is 0.0282. The van der Waals surface area contributed by atoms with Crippen LogP contribution in [0, 0.1) is 0 Å². The molecule has 1 atom stereocenters. The molecule has 0 saturated heterocycles. The summed E-state index contributed by atoms with van der Waals surface area (Å²) in [6.45, 7) is 2.39. The number of halogens is 1. The molecule has 0 saturated carbocycles. The SMILES string of the molecule is CCN(C(=O)CCSCS(C)=O)c1cn(-c2cccnc2)nc1Cl. The largest absolute Gasteiger partial charge is 0.308 e. The van der Waals surface area contributed by atoms with E-state index in [1.165, 1.54) is 11.8 Å². The van der Waals surface area contributed by atoms with E-state index in [4.69, 9.17) is 11.6 Å². The summed E-state index contributed by atoms with van der Waals surface area (Å²) in [5, 5.41) is 5.07. The van der Waals surface area contributed by atoms with Crippen LogP contribution in [0.2, 0.25) is 5.15 Å². The summed E-state index contributed by atoms with van der Waals surface area (Å²) in [6, 6.07) is 3.67. The maximum atomic E-state index is 12.4. The fourth-order valence-corrected chi connectivity index (χ4v) is 4.06. The average molecular weight is 387 g/mol. The van der Waals surface area contributed by atoms with Crippen molar-refractivity contribution in [3.8, 4) is 5.69 Å². The Morgan fingerprint density at radius 1 is 1.50 bits per heavy atom. The number of hydrogen-bond acceptors (Lipinski definition) is 5. The predicted octanol–water partition coefficient (Wildman–Crippen LogP) is 2.73. The summed E-state index contributed by atoms with van der Waals surface area (Å²) >= 11 is 7.73. The number of hydrogen-bond donors (Lipinski definition) is 0. The predicted molar refractivity (Wildman–Crippen MR) is 100 cm³/mol. The van der Waals surface area contributed by atoms with Gasteiger partial charge in [-0.15, -0.1) is 11.8 Å². The van der Waals surface area contributed by atoms with Crippen molar-refractivity contribution < 1.29 is 9.00 Å². The van der Waals surface area contributed by atoms with Gasteiger partial charge in [-0.1, -0.05) is 11.6 Å². The normalized spacial score (nSPS) is 12.1. The Morgan fingerprint density at radius 3 is 2.92 bits per heavy atom. The first-order valence-electron chi connectivity index (χ1n) is 7.36. The van der Waals surface area contributed by atoms with Crippen LogP contribution in [0.5, 0.6) is 0 Å². The Morgan fingerprint density at radius 2 is 2.29 bits per heavy atom. The molecule has 1 unspecified atom stereocenters. The van der Waals surface area contributed by atoms with Crippen molar-refractivity contribution >= 4 is 45.8 Å². The molecule has 9 heteroatoms. The van der Waals surface area contributed by atoms with Crippen LogP contribution in [0.15, 0.2) is 30.7 Å². The van der Waals surface area contributed by atoms with Crippen molar-refractivity contribution in [1.29, 1.82) is 0 Å². The molecule has 2 rings (SSSR count). The second-order valence-electron chi connectivity index (χ2n) is 4.95. The van der Waals surface area contributed by atoms with Gasteiger partial charge in [0.15, 0.2) is 5.15 Å². The molecule has 2 heterocycles. The summed E-state index contributed by atoms with van der Waals surface area (Å²) in [7, 11) is -0.853. The van der Waals surface area contributed by atoms with Crippen molar-refractivity contribution in [2.24, 2.45) is 0 Å². The maximum absolute atomic E-state index is 12.4. The lowest BCUT2D eigenvalue weighted by Gasteiger charge is -2.19. The lowest BCUT2D eigenvalue weighted by atomic mass is 10.3. The van der Waals surface area contributed by atoms with Gasteiger partial charge in [0.05, 0.1) is 23.2 Å².